The average molecular weight is 368 g/mol. The summed E-state index contributed by atoms with van der Waals surface area (Å²) in [5.74, 6) is -0.113. The van der Waals surface area contributed by atoms with Crippen molar-refractivity contribution in [3.05, 3.63) is 47.9 Å². The second-order valence-electron chi connectivity index (χ2n) is 6.65. The number of esters is 1. The highest BCUT2D eigenvalue weighted by Crippen LogP contribution is 2.19. The van der Waals surface area contributed by atoms with Gasteiger partial charge in [-0.05, 0) is 31.0 Å². The Labute approximate surface area is 158 Å². The molecule has 1 aromatic carbocycles. The number of hydrogen-bond acceptors (Lipinski definition) is 6. The van der Waals surface area contributed by atoms with E-state index >= 15 is 0 Å². The minimum absolute atomic E-state index is 0.185. The Morgan fingerprint density at radius 2 is 1.85 bits per heavy atom. The molecule has 2 aromatic rings. The summed E-state index contributed by atoms with van der Waals surface area (Å²) in [7, 11) is 1.34. The lowest BCUT2D eigenvalue weighted by atomic mass is 10.1. The van der Waals surface area contributed by atoms with Crippen LogP contribution in [0.15, 0.2) is 36.7 Å². The third-order valence-corrected chi connectivity index (χ3v) is 4.65. The zero-order valence-corrected chi connectivity index (χ0v) is 15.4. The van der Waals surface area contributed by atoms with E-state index in [0.717, 1.165) is 25.7 Å². The second-order valence-corrected chi connectivity index (χ2v) is 6.65. The zero-order chi connectivity index (χ0) is 19.1. The van der Waals surface area contributed by atoms with Crippen LogP contribution in [-0.4, -0.2) is 35.0 Å². The number of nitrogens with one attached hydrogen (secondary N) is 2. The van der Waals surface area contributed by atoms with Gasteiger partial charge in [-0.2, -0.15) is 0 Å². The summed E-state index contributed by atoms with van der Waals surface area (Å²) in [5, 5.41) is 6.17. The molecule has 3 rings (SSSR count). The molecule has 0 radical (unpaired) electrons. The Morgan fingerprint density at radius 1 is 1.07 bits per heavy atom. The normalized spacial score (nSPS) is 14.9. The van der Waals surface area contributed by atoms with Gasteiger partial charge in [0.1, 0.15) is 17.8 Å². The first-order valence-electron chi connectivity index (χ1n) is 9.24. The molecule has 0 atom stereocenters. The summed E-state index contributed by atoms with van der Waals surface area (Å²) in [6, 6.07) is 8.71. The van der Waals surface area contributed by atoms with E-state index < -0.39 is 5.97 Å². The summed E-state index contributed by atoms with van der Waals surface area (Å²) in [6.45, 7) is 0. The first-order valence-corrected chi connectivity index (χ1v) is 9.24. The number of amides is 1. The van der Waals surface area contributed by atoms with Crippen LogP contribution < -0.4 is 10.6 Å². The number of carbonyl (C=O) groups is 2. The van der Waals surface area contributed by atoms with Crippen LogP contribution in [0, 0.1) is 0 Å². The highest BCUT2D eigenvalue weighted by Gasteiger charge is 2.17. The third-order valence-electron chi connectivity index (χ3n) is 4.65. The first kappa shape index (κ1) is 18.8. The molecular formula is C20H24N4O3. The van der Waals surface area contributed by atoms with Crippen molar-refractivity contribution in [3.63, 3.8) is 0 Å². The van der Waals surface area contributed by atoms with E-state index in [1.54, 1.807) is 30.3 Å². The van der Waals surface area contributed by atoms with Gasteiger partial charge in [0.05, 0.1) is 12.7 Å². The van der Waals surface area contributed by atoms with Crippen LogP contribution >= 0.6 is 0 Å². The smallest absolute Gasteiger partial charge is 0.337 e. The van der Waals surface area contributed by atoms with Crippen LogP contribution in [-0.2, 0) is 4.74 Å². The number of rotatable bonds is 5. The highest BCUT2D eigenvalue weighted by atomic mass is 16.5. The van der Waals surface area contributed by atoms with Gasteiger partial charge in [-0.3, -0.25) is 4.79 Å². The Bertz CT molecular complexity index is 801. The van der Waals surface area contributed by atoms with Crippen LogP contribution in [0.5, 0.6) is 0 Å². The lowest BCUT2D eigenvalue weighted by molar-refractivity contribution is 0.0600. The van der Waals surface area contributed by atoms with Crippen molar-refractivity contribution in [2.75, 3.05) is 12.4 Å². The van der Waals surface area contributed by atoms with Crippen molar-refractivity contribution in [1.29, 1.82) is 0 Å². The van der Waals surface area contributed by atoms with Gasteiger partial charge >= 0.3 is 5.97 Å². The highest BCUT2D eigenvalue weighted by molar-refractivity contribution is 5.93. The average Bonchev–Trinajstić information content (AvgIpc) is 2.96. The number of methoxy groups -OCH3 is 1. The summed E-state index contributed by atoms with van der Waals surface area (Å²) in [4.78, 5) is 32.4. The topological polar surface area (TPSA) is 93.2 Å². The lowest BCUT2D eigenvalue weighted by Gasteiger charge is -2.16. The SMILES string of the molecule is COC(=O)c1cccc(Nc2cc(C(=O)NC3CCCCCC3)ncn2)c1. The van der Waals surface area contributed by atoms with Crippen molar-refractivity contribution in [1.82, 2.24) is 15.3 Å². The predicted octanol–water partition coefficient (Wildman–Crippen LogP) is 3.46. The number of anilines is 2. The molecule has 1 saturated carbocycles. The minimum atomic E-state index is -0.412. The molecule has 142 valence electrons. The maximum absolute atomic E-state index is 12.5. The molecule has 1 aliphatic carbocycles. The molecular weight excluding hydrogens is 344 g/mol. The zero-order valence-electron chi connectivity index (χ0n) is 15.4. The number of nitrogens with zero attached hydrogens (tertiary/aromatic N) is 2. The molecule has 1 aliphatic rings. The van der Waals surface area contributed by atoms with Gasteiger partial charge in [-0.25, -0.2) is 14.8 Å². The van der Waals surface area contributed by atoms with Crippen LogP contribution in [0.25, 0.3) is 0 Å². The van der Waals surface area contributed by atoms with Crippen molar-refractivity contribution >= 4 is 23.4 Å². The Balaban J connectivity index is 1.68. The number of benzene rings is 1. The maximum Gasteiger partial charge on any atom is 0.337 e. The largest absolute Gasteiger partial charge is 0.465 e. The van der Waals surface area contributed by atoms with Crippen molar-refractivity contribution < 1.29 is 14.3 Å². The molecule has 1 amide bonds. The third kappa shape index (κ3) is 5.26. The number of ether oxygens (including phenoxy) is 1. The van der Waals surface area contributed by atoms with Gasteiger partial charge in [-0.15, -0.1) is 0 Å². The van der Waals surface area contributed by atoms with E-state index in [4.69, 9.17) is 4.74 Å². The van der Waals surface area contributed by atoms with Crippen LogP contribution in [0.3, 0.4) is 0 Å². The predicted molar refractivity (Wildman–Crippen MR) is 102 cm³/mol. The monoisotopic (exact) mass is 368 g/mol. The molecule has 0 spiro atoms. The van der Waals surface area contributed by atoms with Gasteiger partial charge < -0.3 is 15.4 Å². The van der Waals surface area contributed by atoms with Crippen LogP contribution in [0.2, 0.25) is 0 Å². The van der Waals surface area contributed by atoms with E-state index in [0.29, 0.717) is 22.8 Å². The fourth-order valence-electron chi connectivity index (χ4n) is 3.22. The van der Waals surface area contributed by atoms with Gasteiger partial charge in [0.15, 0.2) is 0 Å². The van der Waals surface area contributed by atoms with E-state index in [9.17, 15) is 9.59 Å². The molecule has 2 N–H and O–H groups in total. The first-order chi connectivity index (χ1) is 13.2. The van der Waals surface area contributed by atoms with E-state index in [1.807, 2.05) is 0 Å². The molecule has 27 heavy (non-hydrogen) atoms. The summed E-state index contributed by atoms with van der Waals surface area (Å²) in [6.07, 6.45) is 8.16. The molecule has 0 bridgehead atoms. The van der Waals surface area contributed by atoms with Gasteiger partial charge in [0.25, 0.3) is 5.91 Å². The lowest BCUT2D eigenvalue weighted by Crippen LogP contribution is -2.34. The van der Waals surface area contributed by atoms with Crippen LogP contribution in [0.4, 0.5) is 11.5 Å². The van der Waals surface area contributed by atoms with Crippen molar-refractivity contribution in [2.45, 2.75) is 44.6 Å². The number of carbonyl (C=O) groups excluding carboxylic acids is 2. The standard InChI is InChI=1S/C20H24N4O3/c1-27-20(26)14-7-6-10-16(11-14)23-18-12-17(21-13-22-18)19(25)24-15-8-4-2-3-5-9-15/h6-7,10-13,15H,2-5,8-9H2,1H3,(H,24,25)(H,21,22,23). The maximum atomic E-state index is 12.5. The van der Waals surface area contributed by atoms with Gasteiger partial charge in [-0.1, -0.05) is 31.7 Å². The molecule has 1 heterocycles. The molecule has 7 heteroatoms. The van der Waals surface area contributed by atoms with Crippen LogP contribution in [0.1, 0.15) is 59.4 Å². The molecule has 1 aromatic heterocycles. The Hall–Kier alpha value is -2.96. The van der Waals surface area contributed by atoms with Gasteiger partial charge in [0, 0.05) is 17.8 Å². The Morgan fingerprint density at radius 3 is 2.59 bits per heavy atom. The van der Waals surface area contributed by atoms with Crippen molar-refractivity contribution in [2.24, 2.45) is 0 Å². The molecule has 0 saturated heterocycles. The summed E-state index contributed by atoms with van der Waals surface area (Å²) in [5.41, 5.74) is 1.43. The van der Waals surface area contributed by atoms with E-state index in [1.165, 1.54) is 26.3 Å². The van der Waals surface area contributed by atoms with E-state index in [-0.39, 0.29) is 11.9 Å². The number of hydrogen-bond donors (Lipinski definition) is 2. The molecule has 0 unspecified atom stereocenters. The summed E-state index contributed by atoms with van der Waals surface area (Å²) < 4.78 is 4.73. The van der Waals surface area contributed by atoms with E-state index in [2.05, 4.69) is 20.6 Å². The summed E-state index contributed by atoms with van der Waals surface area (Å²) >= 11 is 0. The Kier molecular flexibility index (Phi) is 6.35. The molecule has 7 nitrogen and oxygen atoms in total. The van der Waals surface area contributed by atoms with Crippen molar-refractivity contribution in [3.8, 4) is 0 Å². The second kappa shape index (κ2) is 9.12. The fourth-order valence-corrected chi connectivity index (χ4v) is 3.22. The fraction of sp³-hybridized carbons (Fsp3) is 0.400. The minimum Gasteiger partial charge on any atom is -0.465 e. The van der Waals surface area contributed by atoms with Gasteiger partial charge in [0.2, 0.25) is 0 Å². The number of aromatic nitrogens is 2. The molecule has 0 aliphatic heterocycles. The molecule has 1 fully saturated rings. The quantitative estimate of drug-likeness (QED) is 0.620.